The molecule has 238 valence electrons. The molecule has 0 aliphatic carbocycles. The Hall–Kier alpha value is -4.60. The molecule has 10 heteroatoms. The van der Waals surface area contributed by atoms with E-state index in [9.17, 15) is 37.1 Å². The van der Waals surface area contributed by atoms with E-state index in [-0.39, 0.29) is 25.9 Å². The molecule has 1 unspecified atom stereocenters. The zero-order chi connectivity index (χ0) is 32.8. The van der Waals surface area contributed by atoms with Crippen LogP contribution >= 0.6 is 0 Å². The van der Waals surface area contributed by atoms with Crippen molar-refractivity contribution in [3.63, 3.8) is 0 Å². The first-order valence-corrected chi connectivity index (χ1v) is 14.7. The molecule has 1 N–H and O–H groups in total. The average molecular weight is 624 g/mol. The number of aryl methyl sites for hydroxylation is 1. The quantitative estimate of drug-likeness (QED) is 0.151. The molecular formula is C35H36F3NO6. The minimum Gasteiger partial charge on any atom is -0.461 e. The van der Waals surface area contributed by atoms with Gasteiger partial charge in [0.2, 0.25) is 11.7 Å². The zero-order valence-electron chi connectivity index (χ0n) is 24.9. The van der Waals surface area contributed by atoms with E-state index < -0.39 is 72.5 Å². The van der Waals surface area contributed by atoms with Crippen molar-refractivity contribution >= 4 is 29.2 Å². The number of Topliss-reactive ketones (excluding diaryl/α,β-unsaturated/α-hetero) is 3. The summed E-state index contributed by atoms with van der Waals surface area (Å²) >= 11 is 0. The Morgan fingerprint density at radius 3 is 1.84 bits per heavy atom. The maximum Gasteiger partial charge on any atom is 0.391 e. The number of nitrogens with one attached hydrogen (secondary N) is 1. The predicted octanol–water partition coefficient (Wildman–Crippen LogP) is 5.78. The second-order valence-electron chi connectivity index (χ2n) is 11.0. The summed E-state index contributed by atoms with van der Waals surface area (Å²) in [6.07, 6.45) is -7.47. The summed E-state index contributed by atoms with van der Waals surface area (Å²) in [7, 11) is 0. The third-order valence-corrected chi connectivity index (χ3v) is 7.21. The molecule has 3 atom stereocenters. The molecule has 1 amide bonds. The van der Waals surface area contributed by atoms with Crippen LogP contribution < -0.4 is 5.32 Å². The highest BCUT2D eigenvalue weighted by Crippen LogP contribution is 2.25. The van der Waals surface area contributed by atoms with E-state index in [1.807, 2.05) is 6.07 Å². The molecule has 0 spiro atoms. The van der Waals surface area contributed by atoms with Crippen LogP contribution in [0.1, 0.15) is 49.3 Å². The van der Waals surface area contributed by atoms with Gasteiger partial charge in [-0.3, -0.25) is 24.0 Å². The molecule has 0 heterocycles. The van der Waals surface area contributed by atoms with Gasteiger partial charge in [0.15, 0.2) is 11.6 Å². The van der Waals surface area contributed by atoms with E-state index in [1.165, 1.54) is 6.92 Å². The van der Waals surface area contributed by atoms with Crippen LogP contribution in [-0.4, -0.2) is 41.4 Å². The molecule has 3 aromatic rings. The molecule has 0 radical (unpaired) electrons. The molecule has 0 saturated carbocycles. The molecule has 0 saturated heterocycles. The fourth-order valence-electron chi connectivity index (χ4n) is 4.73. The monoisotopic (exact) mass is 623 g/mol. The molecule has 7 nitrogen and oxygen atoms in total. The fraction of sp³-hybridized carbons (Fsp3) is 0.343. The highest BCUT2D eigenvalue weighted by molar-refractivity contribution is 6.38. The van der Waals surface area contributed by atoms with Crippen molar-refractivity contribution in [1.82, 2.24) is 5.32 Å². The normalized spacial score (nSPS) is 13.2. The van der Waals surface area contributed by atoms with E-state index in [0.29, 0.717) is 5.56 Å². The van der Waals surface area contributed by atoms with Gasteiger partial charge in [0, 0.05) is 24.7 Å². The first-order valence-electron chi connectivity index (χ1n) is 14.7. The average Bonchev–Trinajstić information content (AvgIpc) is 3.02. The minimum atomic E-state index is -4.82. The lowest BCUT2D eigenvalue weighted by Crippen LogP contribution is -2.47. The van der Waals surface area contributed by atoms with Gasteiger partial charge in [-0.1, -0.05) is 97.9 Å². The minimum absolute atomic E-state index is 0.0376. The molecule has 0 bridgehead atoms. The summed E-state index contributed by atoms with van der Waals surface area (Å²) in [4.78, 5) is 64.5. The Kier molecular flexibility index (Phi) is 13.2. The molecule has 0 aliphatic rings. The molecule has 0 aromatic heterocycles. The first kappa shape index (κ1) is 34.9. The van der Waals surface area contributed by atoms with Crippen molar-refractivity contribution in [1.29, 1.82) is 0 Å². The lowest BCUT2D eigenvalue weighted by molar-refractivity contribution is -0.153. The number of hydrogen-bond acceptors (Lipinski definition) is 6. The predicted molar refractivity (Wildman–Crippen MR) is 161 cm³/mol. The SMILES string of the molecule is C[C@H](CC(=O)OCc1ccccc1)C(=O)NC(CC(F)(F)F)C(=O)C[C@@H](Cc1ccccc1)C(=O)C(=O)CCc1ccccc1. The summed E-state index contributed by atoms with van der Waals surface area (Å²) in [6, 6.07) is 24.3. The van der Waals surface area contributed by atoms with Gasteiger partial charge < -0.3 is 10.1 Å². The Balaban J connectivity index is 1.68. The number of halogens is 3. The van der Waals surface area contributed by atoms with Crippen molar-refractivity contribution in [3.05, 3.63) is 108 Å². The van der Waals surface area contributed by atoms with E-state index >= 15 is 0 Å². The van der Waals surface area contributed by atoms with Gasteiger partial charge in [-0.15, -0.1) is 0 Å². The zero-order valence-corrected chi connectivity index (χ0v) is 24.9. The number of rotatable bonds is 17. The molecule has 3 rings (SSSR count). The van der Waals surface area contributed by atoms with Gasteiger partial charge in [0.25, 0.3) is 0 Å². The molecular weight excluding hydrogens is 587 g/mol. The molecule has 0 fully saturated rings. The van der Waals surface area contributed by atoms with Crippen LogP contribution in [0.2, 0.25) is 0 Å². The van der Waals surface area contributed by atoms with Crippen LogP contribution in [0.25, 0.3) is 0 Å². The Bertz CT molecular complexity index is 1430. The highest BCUT2D eigenvalue weighted by Gasteiger charge is 2.38. The summed E-state index contributed by atoms with van der Waals surface area (Å²) < 4.78 is 45.7. The van der Waals surface area contributed by atoms with Gasteiger partial charge in [-0.2, -0.15) is 13.2 Å². The van der Waals surface area contributed by atoms with Crippen molar-refractivity contribution in [3.8, 4) is 0 Å². The van der Waals surface area contributed by atoms with E-state index in [4.69, 9.17) is 4.74 Å². The molecule has 3 aromatic carbocycles. The fourth-order valence-corrected chi connectivity index (χ4v) is 4.73. The van der Waals surface area contributed by atoms with E-state index in [2.05, 4.69) is 5.32 Å². The number of ether oxygens (including phenoxy) is 1. The summed E-state index contributed by atoms with van der Waals surface area (Å²) in [5, 5.41) is 2.12. The Morgan fingerprint density at radius 1 is 0.756 bits per heavy atom. The number of carbonyl (C=O) groups excluding carboxylic acids is 5. The van der Waals surface area contributed by atoms with Gasteiger partial charge in [-0.25, -0.2) is 0 Å². The van der Waals surface area contributed by atoms with Gasteiger partial charge in [0.1, 0.15) is 6.61 Å². The smallest absolute Gasteiger partial charge is 0.391 e. The molecule has 45 heavy (non-hydrogen) atoms. The second kappa shape index (κ2) is 17.0. The maximum absolute atomic E-state index is 13.5. The number of benzene rings is 3. The van der Waals surface area contributed by atoms with Crippen LogP contribution in [0.5, 0.6) is 0 Å². The third-order valence-electron chi connectivity index (χ3n) is 7.21. The highest BCUT2D eigenvalue weighted by atomic mass is 19.4. The second-order valence-corrected chi connectivity index (χ2v) is 11.0. The number of amides is 1. The topological polar surface area (TPSA) is 107 Å². The van der Waals surface area contributed by atoms with Crippen LogP contribution in [0, 0.1) is 11.8 Å². The van der Waals surface area contributed by atoms with Gasteiger partial charge >= 0.3 is 12.1 Å². The van der Waals surface area contributed by atoms with Crippen molar-refractivity contribution < 1.29 is 41.9 Å². The molecule has 0 aliphatic heterocycles. The Labute approximate surface area is 260 Å². The number of esters is 1. The number of carbonyl (C=O) groups is 5. The first-order chi connectivity index (χ1) is 21.4. The third kappa shape index (κ3) is 12.5. The maximum atomic E-state index is 13.5. The van der Waals surface area contributed by atoms with E-state index in [1.54, 1.807) is 84.9 Å². The number of alkyl halides is 3. The van der Waals surface area contributed by atoms with Crippen molar-refractivity contribution in [2.75, 3.05) is 0 Å². The number of ketones is 3. The van der Waals surface area contributed by atoms with Crippen LogP contribution in [0.4, 0.5) is 13.2 Å². The van der Waals surface area contributed by atoms with E-state index in [0.717, 1.165) is 11.1 Å². The summed E-state index contributed by atoms with van der Waals surface area (Å²) in [5.74, 6) is -6.62. The van der Waals surface area contributed by atoms with Crippen LogP contribution in [0.15, 0.2) is 91.0 Å². The Morgan fingerprint density at radius 2 is 1.29 bits per heavy atom. The summed E-state index contributed by atoms with van der Waals surface area (Å²) in [6.45, 7) is 1.30. The lowest BCUT2D eigenvalue weighted by Gasteiger charge is -2.23. The largest absolute Gasteiger partial charge is 0.461 e. The van der Waals surface area contributed by atoms with Gasteiger partial charge in [0.05, 0.1) is 18.9 Å². The van der Waals surface area contributed by atoms with Gasteiger partial charge in [-0.05, 0) is 29.5 Å². The summed E-state index contributed by atoms with van der Waals surface area (Å²) in [5.41, 5.74) is 2.18. The van der Waals surface area contributed by atoms with Crippen molar-refractivity contribution in [2.45, 2.75) is 64.3 Å². The van der Waals surface area contributed by atoms with Crippen molar-refractivity contribution in [2.24, 2.45) is 11.8 Å². The van der Waals surface area contributed by atoms with Crippen LogP contribution in [0.3, 0.4) is 0 Å². The lowest BCUT2D eigenvalue weighted by atomic mass is 9.85. The standard InChI is InChI=1S/C35H36F3NO6/c1-24(19-32(42)45-23-27-15-9-4-10-16-27)34(44)39-29(22-35(36,37)38)31(41)21-28(20-26-13-7-3-8-14-26)33(43)30(40)18-17-25-11-5-2-6-12-25/h2-16,24,28-29H,17-23H2,1H3,(H,39,44)/t24-,28-,29?/m1/s1. The van der Waals surface area contributed by atoms with Crippen LogP contribution in [-0.2, 0) is 48.2 Å². The number of hydrogen-bond donors (Lipinski definition) is 1.